The van der Waals surface area contributed by atoms with Gasteiger partial charge in [0.1, 0.15) is 0 Å². The zero-order valence-corrected chi connectivity index (χ0v) is 9.65. The summed E-state index contributed by atoms with van der Waals surface area (Å²) >= 11 is 0. The Kier molecular flexibility index (Phi) is 2.42. The maximum Gasteiger partial charge on any atom is 0.316 e. The lowest BCUT2D eigenvalue weighted by atomic mass is 10.1. The fourth-order valence-corrected chi connectivity index (χ4v) is 1.85. The maximum absolute atomic E-state index is 11.6. The molecule has 0 spiro atoms. The summed E-state index contributed by atoms with van der Waals surface area (Å²) in [5, 5.41) is 0. The minimum atomic E-state index is -0.487. The lowest BCUT2D eigenvalue weighted by Gasteiger charge is -2.09. The Morgan fingerprint density at radius 3 is 2.12 bits per heavy atom. The fraction of sp³-hybridized carbons (Fsp3) is 0.333. The Morgan fingerprint density at radius 2 is 1.56 bits per heavy atom. The SMILES string of the molecule is CCc1ccc2c(c1)n(C)c(=O)c(=O)n2C. The Hall–Kier alpha value is -1.84. The highest BCUT2D eigenvalue weighted by atomic mass is 16.2. The summed E-state index contributed by atoms with van der Waals surface area (Å²) < 4.78 is 2.81. The standard InChI is InChI=1S/C12H14N2O2/c1-4-8-5-6-9-10(7-8)14(3)12(16)11(15)13(9)2/h5-7H,4H2,1-3H3. The molecule has 0 fully saturated rings. The van der Waals surface area contributed by atoms with Gasteiger partial charge in [-0.05, 0) is 24.1 Å². The number of aryl methyl sites for hydroxylation is 3. The molecule has 1 heterocycles. The van der Waals surface area contributed by atoms with Crippen molar-refractivity contribution in [3.8, 4) is 0 Å². The number of hydrogen-bond acceptors (Lipinski definition) is 2. The van der Waals surface area contributed by atoms with E-state index in [9.17, 15) is 9.59 Å². The fourth-order valence-electron chi connectivity index (χ4n) is 1.85. The second-order valence-electron chi connectivity index (χ2n) is 3.90. The smallest absolute Gasteiger partial charge is 0.305 e. The number of aromatic nitrogens is 2. The molecular formula is C12H14N2O2. The van der Waals surface area contributed by atoms with E-state index in [-0.39, 0.29) is 0 Å². The van der Waals surface area contributed by atoms with Gasteiger partial charge in [-0.2, -0.15) is 0 Å². The molecule has 0 atom stereocenters. The number of nitrogens with zero attached hydrogens (tertiary/aromatic N) is 2. The Balaban J connectivity index is 3.03. The van der Waals surface area contributed by atoms with Gasteiger partial charge in [0.25, 0.3) is 0 Å². The predicted octanol–water partition coefficient (Wildman–Crippen LogP) is 0.800. The second kappa shape index (κ2) is 3.63. The van der Waals surface area contributed by atoms with Crippen LogP contribution in [0.1, 0.15) is 12.5 Å². The number of benzene rings is 1. The zero-order chi connectivity index (χ0) is 11.9. The van der Waals surface area contributed by atoms with E-state index in [4.69, 9.17) is 0 Å². The minimum absolute atomic E-state index is 0.483. The van der Waals surface area contributed by atoms with E-state index in [1.165, 1.54) is 9.13 Å². The summed E-state index contributed by atoms with van der Waals surface area (Å²) in [5.41, 5.74) is 1.76. The van der Waals surface area contributed by atoms with Crippen LogP contribution in [-0.2, 0) is 20.5 Å². The van der Waals surface area contributed by atoms with Gasteiger partial charge >= 0.3 is 11.1 Å². The highest BCUT2D eigenvalue weighted by Gasteiger charge is 2.07. The second-order valence-corrected chi connectivity index (χ2v) is 3.90. The summed E-state index contributed by atoms with van der Waals surface area (Å²) in [6, 6.07) is 5.82. The summed E-state index contributed by atoms with van der Waals surface area (Å²) in [6.45, 7) is 2.06. The summed E-state index contributed by atoms with van der Waals surface area (Å²) in [6.07, 6.45) is 0.910. The molecule has 2 rings (SSSR count). The van der Waals surface area contributed by atoms with Crippen molar-refractivity contribution in [2.75, 3.05) is 0 Å². The molecule has 0 aliphatic rings. The third-order valence-corrected chi connectivity index (χ3v) is 2.96. The van der Waals surface area contributed by atoms with Crippen LogP contribution in [0, 0.1) is 0 Å². The first-order valence-corrected chi connectivity index (χ1v) is 5.25. The molecule has 0 unspecified atom stereocenters. The van der Waals surface area contributed by atoms with Gasteiger partial charge in [-0.15, -0.1) is 0 Å². The van der Waals surface area contributed by atoms with Crippen LogP contribution in [0.2, 0.25) is 0 Å². The van der Waals surface area contributed by atoms with E-state index in [2.05, 4.69) is 6.92 Å². The molecule has 2 aromatic rings. The first-order valence-electron chi connectivity index (χ1n) is 5.25. The van der Waals surface area contributed by atoms with Gasteiger partial charge in [-0.3, -0.25) is 9.59 Å². The average Bonchev–Trinajstić information content (AvgIpc) is 2.33. The molecular weight excluding hydrogens is 204 g/mol. The van der Waals surface area contributed by atoms with Crippen LogP contribution in [0.5, 0.6) is 0 Å². The molecule has 0 saturated heterocycles. The van der Waals surface area contributed by atoms with Crippen LogP contribution >= 0.6 is 0 Å². The van der Waals surface area contributed by atoms with E-state index in [1.54, 1.807) is 14.1 Å². The van der Waals surface area contributed by atoms with Crippen molar-refractivity contribution in [1.29, 1.82) is 0 Å². The molecule has 4 heteroatoms. The highest BCUT2D eigenvalue weighted by molar-refractivity contribution is 5.75. The molecule has 0 radical (unpaired) electrons. The molecule has 0 N–H and O–H groups in total. The molecule has 4 nitrogen and oxygen atoms in total. The van der Waals surface area contributed by atoms with Gasteiger partial charge in [0.15, 0.2) is 0 Å². The number of fused-ring (bicyclic) bond motifs is 1. The van der Waals surface area contributed by atoms with Crippen LogP contribution in [0.4, 0.5) is 0 Å². The van der Waals surface area contributed by atoms with Crippen LogP contribution in [0.15, 0.2) is 27.8 Å². The van der Waals surface area contributed by atoms with Crippen LogP contribution in [0.25, 0.3) is 11.0 Å². The highest BCUT2D eigenvalue weighted by Crippen LogP contribution is 2.12. The van der Waals surface area contributed by atoms with Crippen LogP contribution in [-0.4, -0.2) is 9.13 Å². The van der Waals surface area contributed by atoms with E-state index < -0.39 is 11.1 Å². The third kappa shape index (κ3) is 1.38. The van der Waals surface area contributed by atoms with Gasteiger partial charge in [-0.1, -0.05) is 13.0 Å². The van der Waals surface area contributed by atoms with Crippen molar-refractivity contribution in [2.45, 2.75) is 13.3 Å². The van der Waals surface area contributed by atoms with Gasteiger partial charge in [-0.25, -0.2) is 0 Å². The Bertz CT molecular complexity index is 665. The van der Waals surface area contributed by atoms with Crippen molar-refractivity contribution in [2.24, 2.45) is 14.1 Å². The first-order chi connectivity index (χ1) is 7.56. The average molecular weight is 218 g/mol. The van der Waals surface area contributed by atoms with E-state index in [0.717, 1.165) is 23.0 Å². The predicted molar refractivity (Wildman–Crippen MR) is 63.8 cm³/mol. The van der Waals surface area contributed by atoms with Crippen molar-refractivity contribution in [1.82, 2.24) is 9.13 Å². The number of hydrogen-bond donors (Lipinski definition) is 0. The van der Waals surface area contributed by atoms with Crippen molar-refractivity contribution in [3.63, 3.8) is 0 Å². The van der Waals surface area contributed by atoms with E-state index in [0.29, 0.717) is 0 Å². The molecule has 0 saturated carbocycles. The Labute approximate surface area is 92.8 Å². The van der Waals surface area contributed by atoms with Crippen molar-refractivity contribution < 1.29 is 0 Å². The summed E-state index contributed by atoms with van der Waals surface area (Å²) in [7, 11) is 3.25. The largest absolute Gasteiger partial charge is 0.316 e. The quantitative estimate of drug-likeness (QED) is 0.664. The molecule has 0 aliphatic heterocycles. The first kappa shape index (κ1) is 10.7. The minimum Gasteiger partial charge on any atom is -0.305 e. The number of rotatable bonds is 1. The van der Waals surface area contributed by atoms with Crippen LogP contribution < -0.4 is 11.1 Å². The molecule has 0 amide bonds. The van der Waals surface area contributed by atoms with Gasteiger partial charge in [0, 0.05) is 14.1 Å². The summed E-state index contributed by atoms with van der Waals surface area (Å²) in [4.78, 5) is 23.2. The van der Waals surface area contributed by atoms with E-state index >= 15 is 0 Å². The Morgan fingerprint density at radius 1 is 1.00 bits per heavy atom. The molecule has 84 valence electrons. The topological polar surface area (TPSA) is 44.0 Å². The lowest BCUT2D eigenvalue weighted by Crippen LogP contribution is -2.39. The van der Waals surface area contributed by atoms with Gasteiger partial charge in [0.2, 0.25) is 0 Å². The van der Waals surface area contributed by atoms with Gasteiger partial charge < -0.3 is 9.13 Å². The van der Waals surface area contributed by atoms with Crippen LogP contribution in [0.3, 0.4) is 0 Å². The van der Waals surface area contributed by atoms with E-state index in [1.807, 2.05) is 18.2 Å². The molecule has 0 bridgehead atoms. The van der Waals surface area contributed by atoms with Crippen molar-refractivity contribution >= 4 is 11.0 Å². The maximum atomic E-state index is 11.6. The molecule has 16 heavy (non-hydrogen) atoms. The van der Waals surface area contributed by atoms with Crippen molar-refractivity contribution in [3.05, 3.63) is 44.5 Å². The normalized spacial score (nSPS) is 10.9. The van der Waals surface area contributed by atoms with Gasteiger partial charge in [0.05, 0.1) is 11.0 Å². The third-order valence-electron chi connectivity index (χ3n) is 2.96. The monoisotopic (exact) mass is 218 g/mol. The summed E-state index contributed by atoms with van der Waals surface area (Å²) in [5.74, 6) is 0. The zero-order valence-electron chi connectivity index (χ0n) is 9.65. The molecule has 1 aromatic heterocycles. The lowest BCUT2D eigenvalue weighted by molar-refractivity contribution is 0.798. The molecule has 0 aliphatic carbocycles. The molecule has 1 aromatic carbocycles.